The molecule has 0 bridgehead atoms. The van der Waals surface area contributed by atoms with Gasteiger partial charge in [0.2, 0.25) is 0 Å². The average Bonchev–Trinajstić information content (AvgIpc) is 2.65. The van der Waals surface area contributed by atoms with Gasteiger partial charge >= 0.3 is 6.18 Å². The van der Waals surface area contributed by atoms with E-state index in [1.807, 2.05) is 0 Å². The van der Waals surface area contributed by atoms with Gasteiger partial charge in [-0.15, -0.1) is 0 Å². The summed E-state index contributed by atoms with van der Waals surface area (Å²) in [4.78, 5) is 0. The van der Waals surface area contributed by atoms with Gasteiger partial charge in [0.05, 0.1) is 6.61 Å². The molecule has 0 amide bonds. The van der Waals surface area contributed by atoms with Crippen molar-refractivity contribution in [1.29, 1.82) is 0 Å². The number of rotatable bonds is 6. The van der Waals surface area contributed by atoms with Crippen molar-refractivity contribution < 1.29 is 23.0 Å². The zero-order valence-corrected chi connectivity index (χ0v) is 9.15. The van der Waals surface area contributed by atoms with Crippen LogP contribution >= 0.6 is 0 Å². The number of aliphatic hydroxyl groups excluding tert-OH is 1. The third-order valence-electron chi connectivity index (χ3n) is 2.84. The molecule has 1 aliphatic heterocycles. The maximum absolute atomic E-state index is 11.7. The van der Waals surface area contributed by atoms with Gasteiger partial charge in [0.1, 0.15) is 6.61 Å². The van der Waals surface area contributed by atoms with E-state index < -0.39 is 12.8 Å². The Morgan fingerprint density at radius 3 is 2.62 bits per heavy atom. The number of nitrogens with one attached hydrogen (secondary N) is 1. The summed E-state index contributed by atoms with van der Waals surface area (Å²) in [5.41, 5.74) is -0.290. The average molecular weight is 241 g/mol. The van der Waals surface area contributed by atoms with E-state index in [1.54, 1.807) is 0 Å². The molecular weight excluding hydrogens is 223 g/mol. The number of aliphatic hydroxyl groups is 1. The molecule has 0 aliphatic carbocycles. The Hall–Kier alpha value is -0.330. The molecule has 16 heavy (non-hydrogen) atoms. The first kappa shape index (κ1) is 13.7. The Morgan fingerprint density at radius 1 is 1.38 bits per heavy atom. The van der Waals surface area contributed by atoms with E-state index in [9.17, 15) is 18.3 Å². The van der Waals surface area contributed by atoms with Crippen LogP contribution in [-0.4, -0.2) is 43.2 Å². The molecule has 0 spiro atoms. The normalized spacial score (nSPS) is 26.2. The van der Waals surface area contributed by atoms with Crippen molar-refractivity contribution in [3.05, 3.63) is 0 Å². The smallest absolute Gasteiger partial charge is 0.394 e. The molecule has 1 saturated heterocycles. The van der Waals surface area contributed by atoms with E-state index in [0.29, 0.717) is 12.8 Å². The van der Waals surface area contributed by atoms with Crippen LogP contribution in [0.15, 0.2) is 0 Å². The van der Waals surface area contributed by atoms with Crippen molar-refractivity contribution in [3.63, 3.8) is 0 Å². The van der Waals surface area contributed by atoms with Crippen LogP contribution in [0.4, 0.5) is 13.2 Å². The lowest BCUT2D eigenvalue weighted by Gasteiger charge is -2.27. The molecule has 1 aliphatic rings. The fraction of sp³-hybridized carbons (Fsp3) is 1.00. The fourth-order valence-corrected chi connectivity index (χ4v) is 2.00. The summed E-state index contributed by atoms with van der Waals surface area (Å²) < 4.78 is 39.8. The van der Waals surface area contributed by atoms with E-state index in [4.69, 9.17) is 0 Å². The third-order valence-corrected chi connectivity index (χ3v) is 2.84. The third kappa shape index (κ3) is 4.67. The van der Waals surface area contributed by atoms with Crippen molar-refractivity contribution in [3.8, 4) is 0 Å². The van der Waals surface area contributed by atoms with Crippen LogP contribution in [0.25, 0.3) is 0 Å². The standard InChI is InChI=1S/C10H18F3NO2/c11-10(12,13)8-16-6-2-4-9(7-15)3-1-5-14-9/h14-15H,1-8H2. The maximum Gasteiger partial charge on any atom is 0.411 e. The lowest BCUT2D eigenvalue weighted by Crippen LogP contribution is -2.43. The van der Waals surface area contributed by atoms with Crippen molar-refractivity contribution >= 4 is 0 Å². The highest BCUT2D eigenvalue weighted by molar-refractivity contribution is 4.92. The molecule has 2 N–H and O–H groups in total. The van der Waals surface area contributed by atoms with Crippen molar-refractivity contribution in [2.75, 3.05) is 26.4 Å². The zero-order valence-electron chi connectivity index (χ0n) is 9.15. The van der Waals surface area contributed by atoms with Gasteiger partial charge in [-0.1, -0.05) is 0 Å². The van der Waals surface area contributed by atoms with E-state index >= 15 is 0 Å². The Balaban J connectivity index is 2.10. The second-order valence-electron chi connectivity index (χ2n) is 4.24. The van der Waals surface area contributed by atoms with Crippen LogP contribution in [0.2, 0.25) is 0 Å². The highest BCUT2D eigenvalue weighted by atomic mass is 19.4. The van der Waals surface area contributed by atoms with E-state index in [1.165, 1.54) is 0 Å². The van der Waals surface area contributed by atoms with Crippen LogP contribution in [0.3, 0.4) is 0 Å². The number of hydrogen-bond acceptors (Lipinski definition) is 3. The molecule has 96 valence electrons. The SMILES string of the molecule is OCC1(CCCOCC(F)(F)F)CCCN1. The van der Waals surface area contributed by atoms with Crippen molar-refractivity contribution in [1.82, 2.24) is 5.32 Å². The molecule has 1 atom stereocenters. The molecular formula is C10H18F3NO2. The highest BCUT2D eigenvalue weighted by Gasteiger charge is 2.32. The van der Waals surface area contributed by atoms with Crippen LogP contribution in [0.1, 0.15) is 25.7 Å². The molecule has 1 heterocycles. The van der Waals surface area contributed by atoms with Crippen molar-refractivity contribution in [2.45, 2.75) is 37.4 Å². The van der Waals surface area contributed by atoms with Gasteiger partial charge in [0.15, 0.2) is 0 Å². The van der Waals surface area contributed by atoms with Gasteiger partial charge in [-0.05, 0) is 32.2 Å². The molecule has 6 heteroatoms. The van der Waals surface area contributed by atoms with Crippen LogP contribution < -0.4 is 5.32 Å². The predicted molar refractivity (Wildman–Crippen MR) is 53.2 cm³/mol. The molecule has 0 aromatic heterocycles. The summed E-state index contributed by atoms with van der Waals surface area (Å²) in [6, 6.07) is 0. The molecule has 1 unspecified atom stereocenters. The molecule has 1 fully saturated rings. The van der Waals surface area contributed by atoms with E-state index in [2.05, 4.69) is 10.1 Å². The van der Waals surface area contributed by atoms with Gasteiger partial charge < -0.3 is 15.2 Å². The first-order chi connectivity index (χ1) is 7.47. The number of ether oxygens (including phenoxy) is 1. The molecule has 1 rings (SSSR count). The molecule has 0 aromatic carbocycles. The molecule has 3 nitrogen and oxygen atoms in total. The van der Waals surface area contributed by atoms with Gasteiger partial charge in [0.25, 0.3) is 0 Å². The summed E-state index contributed by atoms with van der Waals surface area (Å²) in [5, 5.41) is 12.4. The summed E-state index contributed by atoms with van der Waals surface area (Å²) in [5.74, 6) is 0. The summed E-state index contributed by atoms with van der Waals surface area (Å²) >= 11 is 0. The van der Waals surface area contributed by atoms with E-state index in [0.717, 1.165) is 19.4 Å². The summed E-state index contributed by atoms with van der Waals surface area (Å²) in [6.45, 7) is -0.203. The second kappa shape index (κ2) is 5.84. The Morgan fingerprint density at radius 2 is 2.12 bits per heavy atom. The monoisotopic (exact) mass is 241 g/mol. The molecule has 0 aromatic rings. The number of hydrogen-bond donors (Lipinski definition) is 2. The van der Waals surface area contributed by atoms with Crippen LogP contribution in [-0.2, 0) is 4.74 Å². The fourth-order valence-electron chi connectivity index (χ4n) is 2.00. The number of alkyl halides is 3. The summed E-state index contributed by atoms with van der Waals surface area (Å²) in [7, 11) is 0. The quantitative estimate of drug-likeness (QED) is 0.692. The van der Waals surface area contributed by atoms with E-state index in [-0.39, 0.29) is 18.8 Å². The van der Waals surface area contributed by atoms with Gasteiger partial charge in [-0.2, -0.15) is 13.2 Å². The molecule has 0 radical (unpaired) electrons. The number of halogens is 3. The Labute approximate surface area is 93.0 Å². The predicted octanol–water partition coefficient (Wildman–Crippen LogP) is 1.46. The summed E-state index contributed by atoms with van der Waals surface area (Å²) in [6.07, 6.45) is -1.18. The lowest BCUT2D eigenvalue weighted by molar-refractivity contribution is -0.174. The van der Waals surface area contributed by atoms with Gasteiger partial charge in [-0.25, -0.2) is 0 Å². The highest BCUT2D eigenvalue weighted by Crippen LogP contribution is 2.24. The first-order valence-corrected chi connectivity index (χ1v) is 5.48. The Bertz CT molecular complexity index is 203. The minimum atomic E-state index is -4.25. The topological polar surface area (TPSA) is 41.5 Å². The Kier molecular flexibility index (Phi) is 5.01. The van der Waals surface area contributed by atoms with Gasteiger partial charge in [-0.3, -0.25) is 0 Å². The minimum absolute atomic E-state index is 0.0340. The zero-order chi connectivity index (χ0) is 12.1. The maximum atomic E-state index is 11.7. The van der Waals surface area contributed by atoms with Crippen molar-refractivity contribution in [2.24, 2.45) is 0 Å². The van der Waals surface area contributed by atoms with Crippen LogP contribution in [0, 0.1) is 0 Å². The first-order valence-electron chi connectivity index (χ1n) is 5.48. The largest absolute Gasteiger partial charge is 0.411 e. The lowest BCUT2D eigenvalue weighted by atomic mass is 9.93. The van der Waals surface area contributed by atoms with Gasteiger partial charge in [0, 0.05) is 12.1 Å². The van der Waals surface area contributed by atoms with Crippen LogP contribution in [0.5, 0.6) is 0 Å². The molecule has 0 saturated carbocycles. The minimum Gasteiger partial charge on any atom is -0.394 e. The second-order valence-corrected chi connectivity index (χ2v) is 4.24.